The van der Waals surface area contributed by atoms with Crippen molar-refractivity contribution in [3.8, 4) is 11.8 Å². The van der Waals surface area contributed by atoms with Crippen molar-refractivity contribution >= 4 is 12.0 Å². The van der Waals surface area contributed by atoms with Gasteiger partial charge in [0.15, 0.2) is 0 Å². The first-order valence-corrected chi connectivity index (χ1v) is 4.47. The molecular formula is C10H14N2O. The van der Waals surface area contributed by atoms with E-state index >= 15 is 0 Å². The number of nitrogens with zero attached hydrogens (tertiary/aromatic N) is 2. The Morgan fingerprint density at radius 2 is 2.23 bits per heavy atom. The first-order valence-electron chi connectivity index (χ1n) is 4.47. The third kappa shape index (κ3) is 8.52. The molecule has 0 N–H and O–H groups in total. The zero-order chi connectivity index (χ0) is 9.94. The molecule has 0 amide bonds. The second-order valence-corrected chi connectivity index (χ2v) is 2.70. The van der Waals surface area contributed by atoms with Crippen LogP contribution in [-0.4, -0.2) is 16.8 Å². The summed E-state index contributed by atoms with van der Waals surface area (Å²) in [7, 11) is 0. The number of unbranched alkanes of at least 4 members (excludes halogenated alkanes) is 3. The monoisotopic (exact) mass is 178 g/mol. The topological polar surface area (TPSA) is 53.5 Å². The van der Waals surface area contributed by atoms with Crippen LogP contribution in [0.4, 0.5) is 0 Å². The summed E-state index contributed by atoms with van der Waals surface area (Å²) in [4.78, 5) is 13.3. The zero-order valence-corrected chi connectivity index (χ0v) is 7.92. The van der Waals surface area contributed by atoms with E-state index in [9.17, 15) is 4.79 Å². The molecule has 0 atom stereocenters. The molecule has 0 aliphatic rings. The maximum Gasteiger partial charge on any atom is 0.324 e. The van der Waals surface area contributed by atoms with Crippen molar-refractivity contribution in [1.29, 1.82) is 0 Å². The Morgan fingerprint density at radius 3 is 2.85 bits per heavy atom. The highest BCUT2D eigenvalue weighted by Gasteiger charge is 1.96. The Hall–Kier alpha value is -1.39. The largest absolute Gasteiger partial charge is 0.361 e. The number of carbonyl (C=O) groups is 1. The van der Waals surface area contributed by atoms with Gasteiger partial charge >= 0.3 is 6.21 Å². The van der Waals surface area contributed by atoms with Gasteiger partial charge in [-0.1, -0.05) is 25.7 Å². The van der Waals surface area contributed by atoms with Crippen LogP contribution >= 0.6 is 0 Å². The Balaban J connectivity index is 3.50. The average molecular weight is 178 g/mol. The van der Waals surface area contributed by atoms with Gasteiger partial charge in [-0.15, -0.1) is 5.92 Å². The van der Waals surface area contributed by atoms with Crippen molar-refractivity contribution in [3.05, 3.63) is 5.53 Å². The number of hydrogen-bond donors (Lipinski definition) is 0. The van der Waals surface area contributed by atoms with E-state index in [1.54, 1.807) is 0 Å². The van der Waals surface area contributed by atoms with Crippen LogP contribution in [0.15, 0.2) is 0 Å². The van der Waals surface area contributed by atoms with Crippen LogP contribution in [0, 0.1) is 11.8 Å². The van der Waals surface area contributed by atoms with E-state index in [-0.39, 0.29) is 12.2 Å². The van der Waals surface area contributed by atoms with Crippen molar-refractivity contribution in [2.45, 2.75) is 39.0 Å². The van der Waals surface area contributed by atoms with Gasteiger partial charge in [0.05, 0.1) is 6.42 Å². The lowest BCUT2D eigenvalue weighted by Gasteiger charge is -1.87. The maximum atomic E-state index is 10.7. The second kappa shape index (κ2) is 8.70. The van der Waals surface area contributed by atoms with E-state index in [0.29, 0.717) is 0 Å². The van der Waals surface area contributed by atoms with E-state index in [2.05, 4.69) is 23.6 Å². The van der Waals surface area contributed by atoms with Gasteiger partial charge in [-0.2, -0.15) is 4.79 Å². The van der Waals surface area contributed by atoms with E-state index in [0.717, 1.165) is 19.1 Å². The van der Waals surface area contributed by atoms with Gasteiger partial charge in [0.1, 0.15) is 0 Å². The molecular weight excluding hydrogens is 164 g/mol. The SMILES string of the molecule is CCCCCC#CCC(=O)C=[N+]=[N-]. The molecule has 0 saturated heterocycles. The molecule has 0 aliphatic heterocycles. The van der Waals surface area contributed by atoms with Crippen LogP contribution in [0.3, 0.4) is 0 Å². The molecule has 0 unspecified atom stereocenters. The maximum absolute atomic E-state index is 10.7. The van der Waals surface area contributed by atoms with Crippen molar-refractivity contribution in [1.82, 2.24) is 0 Å². The summed E-state index contributed by atoms with van der Waals surface area (Å²) in [6.07, 6.45) is 5.32. The molecule has 70 valence electrons. The second-order valence-electron chi connectivity index (χ2n) is 2.70. The summed E-state index contributed by atoms with van der Waals surface area (Å²) in [6, 6.07) is 0. The van der Waals surface area contributed by atoms with Crippen LogP contribution in [0.25, 0.3) is 5.53 Å². The fraction of sp³-hybridized carbons (Fsp3) is 0.600. The Bertz CT molecular complexity index is 254. The minimum atomic E-state index is -0.259. The number of carbonyl (C=O) groups excluding carboxylic acids is 1. The van der Waals surface area contributed by atoms with Gasteiger partial charge in [0.25, 0.3) is 0 Å². The van der Waals surface area contributed by atoms with Crippen LogP contribution in [0.1, 0.15) is 39.0 Å². The van der Waals surface area contributed by atoms with Gasteiger partial charge in [-0.3, -0.25) is 4.79 Å². The van der Waals surface area contributed by atoms with Gasteiger partial charge in [0.2, 0.25) is 5.78 Å². The molecule has 0 aliphatic carbocycles. The molecule has 0 aromatic heterocycles. The summed E-state index contributed by atoms with van der Waals surface area (Å²) < 4.78 is 0. The quantitative estimate of drug-likeness (QED) is 0.208. The summed E-state index contributed by atoms with van der Waals surface area (Å²) in [5.41, 5.74) is 8.01. The van der Waals surface area contributed by atoms with E-state index < -0.39 is 0 Å². The third-order valence-electron chi connectivity index (χ3n) is 1.49. The number of rotatable bonds is 5. The fourth-order valence-corrected chi connectivity index (χ4v) is 0.811. The molecule has 13 heavy (non-hydrogen) atoms. The molecule has 0 bridgehead atoms. The molecule has 0 aromatic carbocycles. The van der Waals surface area contributed by atoms with Crippen molar-refractivity contribution in [2.75, 3.05) is 0 Å². The van der Waals surface area contributed by atoms with Crippen LogP contribution < -0.4 is 0 Å². The van der Waals surface area contributed by atoms with Crippen LogP contribution in [-0.2, 0) is 4.79 Å². The molecule has 0 heterocycles. The van der Waals surface area contributed by atoms with Crippen molar-refractivity contribution < 1.29 is 9.58 Å². The highest BCUT2D eigenvalue weighted by molar-refractivity contribution is 6.25. The first kappa shape index (κ1) is 11.6. The van der Waals surface area contributed by atoms with Crippen LogP contribution in [0.5, 0.6) is 0 Å². The number of Topliss-reactive ketones (excluding diaryl/α,β-unsaturated/α-hetero) is 1. The number of hydrogen-bond acceptors (Lipinski definition) is 1. The molecule has 0 spiro atoms. The summed E-state index contributed by atoms with van der Waals surface area (Å²) in [5.74, 6) is 5.36. The van der Waals surface area contributed by atoms with E-state index in [1.807, 2.05) is 0 Å². The fourth-order valence-electron chi connectivity index (χ4n) is 0.811. The van der Waals surface area contributed by atoms with E-state index in [1.165, 1.54) is 12.8 Å². The lowest BCUT2D eigenvalue weighted by atomic mass is 10.2. The molecule has 0 aromatic rings. The lowest BCUT2D eigenvalue weighted by Crippen LogP contribution is -1.96. The van der Waals surface area contributed by atoms with E-state index in [4.69, 9.17) is 5.53 Å². The van der Waals surface area contributed by atoms with Crippen molar-refractivity contribution in [3.63, 3.8) is 0 Å². The minimum Gasteiger partial charge on any atom is -0.361 e. The molecule has 3 nitrogen and oxygen atoms in total. The third-order valence-corrected chi connectivity index (χ3v) is 1.49. The first-order chi connectivity index (χ1) is 6.31. The Labute approximate surface area is 78.8 Å². The minimum absolute atomic E-state index is 0.149. The van der Waals surface area contributed by atoms with Crippen molar-refractivity contribution in [2.24, 2.45) is 0 Å². The van der Waals surface area contributed by atoms with Crippen LogP contribution in [0.2, 0.25) is 0 Å². The van der Waals surface area contributed by atoms with Gasteiger partial charge < -0.3 is 5.53 Å². The summed E-state index contributed by atoms with van der Waals surface area (Å²) in [6.45, 7) is 2.13. The molecule has 0 fully saturated rings. The van der Waals surface area contributed by atoms with Gasteiger partial charge in [0, 0.05) is 6.42 Å². The predicted molar refractivity (Wildman–Crippen MR) is 51.2 cm³/mol. The standard InChI is InChI=1S/C10H14N2O/c1-2-3-4-5-6-7-8-10(13)9-12-11/h9H,2-5,8H2,1H3. The average Bonchev–Trinajstić information content (AvgIpc) is 2.11. The molecule has 0 saturated carbocycles. The lowest BCUT2D eigenvalue weighted by molar-refractivity contribution is -0.115. The molecule has 3 heteroatoms. The molecule has 0 radical (unpaired) electrons. The predicted octanol–water partition coefficient (Wildman–Crippen LogP) is 1.83. The Morgan fingerprint density at radius 1 is 1.46 bits per heavy atom. The zero-order valence-electron chi connectivity index (χ0n) is 7.92. The van der Waals surface area contributed by atoms with Gasteiger partial charge in [-0.25, -0.2) is 0 Å². The highest BCUT2D eigenvalue weighted by atomic mass is 16.1. The highest BCUT2D eigenvalue weighted by Crippen LogP contribution is 1.96. The normalized spacial score (nSPS) is 8.08. The summed E-state index contributed by atoms with van der Waals surface area (Å²) >= 11 is 0. The summed E-state index contributed by atoms with van der Waals surface area (Å²) in [5, 5.41) is 0. The molecule has 0 rings (SSSR count). The number of ketones is 1. The smallest absolute Gasteiger partial charge is 0.324 e. The Kier molecular flexibility index (Phi) is 7.77. The van der Waals surface area contributed by atoms with Gasteiger partial charge in [-0.05, 0) is 6.42 Å².